The molecule has 3 amide bonds. The summed E-state index contributed by atoms with van der Waals surface area (Å²) in [5, 5.41) is 22.5. The summed E-state index contributed by atoms with van der Waals surface area (Å²) in [6.45, 7) is 4.39. The van der Waals surface area contributed by atoms with Gasteiger partial charge in [-0.25, -0.2) is 14.6 Å². The van der Waals surface area contributed by atoms with Crippen molar-refractivity contribution in [1.29, 1.82) is 0 Å². The van der Waals surface area contributed by atoms with Crippen molar-refractivity contribution < 1.29 is 43.7 Å². The number of para-hydroxylation sites is 1. The summed E-state index contributed by atoms with van der Waals surface area (Å²) < 4.78 is 5.71. The second-order valence-corrected chi connectivity index (χ2v) is 12.4. The van der Waals surface area contributed by atoms with E-state index in [-0.39, 0.29) is 31.3 Å². The predicted molar refractivity (Wildman–Crippen MR) is 179 cm³/mol. The first kappa shape index (κ1) is 38.0. The summed E-state index contributed by atoms with van der Waals surface area (Å²) in [6, 6.07) is 13.1. The number of nitrogens with two attached hydrogens (primary N) is 3. The van der Waals surface area contributed by atoms with Gasteiger partial charge in [-0.05, 0) is 70.7 Å². The summed E-state index contributed by atoms with van der Waals surface area (Å²) in [5.74, 6) is -8.57. The number of pyridine rings is 1. The Morgan fingerprint density at radius 2 is 1.61 bits per heavy atom. The van der Waals surface area contributed by atoms with Crippen LogP contribution in [0.15, 0.2) is 60.7 Å². The van der Waals surface area contributed by atoms with Crippen molar-refractivity contribution in [3.63, 3.8) is 0 Å². The molecule has 0 saturated heterocycles. The van der Waals surface area contributed by atoms with Crippen LogP contribution in [0.25, 0.3) is 10.9 Å². The van der Waals surface area contributed by atoms with Crippen molar-refractivity contribution in [2.75, 3.05) is 11.4 Å². The number of nitrogens with zero attached hydrogens (tertiary/aromatic N) is 2. The van der Waals surface area contributed by atoms with Crippen LogP contribution in [0, 0.1) is 0 Å². The number of aromatic nitrogens is 1. The maximum absolute atomic E-state index is 14.7. The van der Waals surface area contributed by atoms with Gasteiger partial charge in [-0.15, -0.1) is 0 Å². The Kier molecular flexibility index (Phi) is 12.5. The first-order chi connectivity index (χ1) is 23.0. The number of carboxylic acids is 2. The average molecular weight is 679 g/mol. The van der Waals surface area contributed by atoms with Crippen molar-refractivity contribution in [3.8, 4) is 0 Å². The third kappa shape index (κ3) is 9.36. The Labute approximate surface area is 282 Å². The predicted octanol–water partition coefficient (Wildman–Crippen LogP) is 1.49. The number of carbonyl (C=O) groups is 6. The minimum Gasteiger partial charge on any atom is -0.481 e. The highest BCUT2D eigenvalue weighted by Gasteiger charge is 2.58. The molecule has 0 fully saturated rings. The second-order valence-electron chi connectivity index (χ2n) is 12.4. The van der Waals surface area contributed by atoms with Gasteiger partial charge in [-0.3, -0.25) is 24.1 Å². The Morgan fingerprint density at radius 1 is 0.980 bits per heavy atom. The summed E-state index contributed by atoms with van der Waals surface area (Å²) >= 11 is 0. The number of nitrogens with one attached hydrogen (secondary N) is 1. The van der Waals surface area contributed by atoms with E-state index >= 15 is 0 Å². The number of fused-ring (bicyclic) bond motifs is 1. The van der Waals surface area contributed by atoms with Crippen LogP contribution < -0.4 is 27.4 Å². The van der Waals surface area contributed by atoms with E-state index in [1.165, 1.54) is 32.9 Å². The lowest BCUT2D eigenvalue weighted by Crippen LogP contribution is -2.70. The number of carboxylic acid groups (broad SMARTS) is 2. The maximum atomic E-state index is 14.7. The molecule has 0 aliphatic heterocycles. The minimum absolute atomic E-state index is 0.119. The highest BCUT2D eigenvalue weighted by molar-refractivity contribution is 6.20. The topological polar surface area (TPSA) is 258 Å². The number of carbonyl (C=O) groups excluding carboxylic acids is 4. The first-order valence-electron chi connectivity index (χ1n) is 15.5. The van der Waals surface area contributed by atoms with Crippen molar-refractivity contribution in [2.24, 2.45) is 17.2 Å². The van der Waals surface area contributed by atoms with Crippen LogP contribution in [0.1, 0.15) is 62.4 Å². The molecular formula is C34H42N6O9. The van der Waals surface area contributed by atoms with E-state index < -0.39 is 83.1 Å². The van der Waals surface area contributed by atoms with Crippen LogP contribution in [0.2, 0.25) is 0 Å². The Bertz CT molecular complexity index is 1710. The summed E-state index contributed by atoms with van der Waals surface area (Å²) in [7, 11) is 0. The van der Waals surface area contributed by atoms with Crippen LogP contribution in [0.5, 0.6) is 0 Å². The molecule has 15 nitrogen and oxygen atoms in total. The van der Waals surface area contributed by atoms with E-state index in [1.54, 1.807) is 48.5 Å². The third-order valence-corrected chi connectivity index (χ3v) is 7.52. The van der Waals surface area contributed by atoms with Gasteiger partial charge in [0.25, 0.3) is 11.8 Å². The molecule has 0 bridgehead atoms. The number of ether oxygens (including phenoxy) is 1. The molecular weight excluding hydrogens is 636 g/mol. The number of aliphatic carboxylic acids is 2. The summed E-state index contributed by atoms with van der Waals surface area (Å²) in [6.07, 6.45) is -1.56. The van der Waals surface area contributed by atoms with Gasteiger partial charge >= 0.3 is 17.9 Å². The zero-order valence-corrected chi connectivity index (χ0v) is 27.5. The number of esters is 1. The maximum Gasteiger partial charge on any atom is 0.342 e. The molecule has 262 valence electrons. The van der Waals surface area contributed by atoms with Gasteiger partial charge in [-0.2, -0.15) is 0 Å². The fourth-order valence-corrected chi connectivity index (χ4v) is 5.20. The van der Waals surface area contributed by atoms with Gasteiger partial charge in [-0.1, -0.05) is 48.5 Å². The molecule has 0 aliphatic rings. The van der Waals surface area contributed by atoms with Gasteiger partial charge in [0.1, 0.15) is 17.5 Å². The normalized spacial score (nSPS) is 13.8. The van der Waals surface area contributed by atoms with E-state index in [9.17, 15) is 39.0 Å². The third-order valence-electron chi connectivity index (χ3n) is 7.52. The number of hydrogen-bond donors (Lipinski definition) is 6. The van der Waals surface area contributed by atoms with Crippen molar-refractivity contribution >= 4 is 52.4 Å². The molecule has 1 aromatic heterocycles. The number of aryl methyl sites for hydroxylation is 1. The first-order valence-corrected chi connectivity index (χ1v) is 15.5. The molecule has 0 saturated carbocycles. The number of rotatable bonds is 16. The lowest BCUT2D eigenvalue weighted by molar-refractivity contribution is -0.167. The standard InChI is InChI=1S/C34H42N6O9/c1-33(2,3)49-32(48)34(16-9-17-35,31(47)39-25(30(45)46)15-14-20-10-5-4-6-11-20)40(29(44)23(36)19-26(41)42)28-22(27(37)43)18-21-12-7-8-13-24(21)38-28/h4-8,10-13,18,23,25H,9,14-17,19,35-36H2,1-3H3,(H2,37,43)(H,39,47)(H,41,42)(H,45,46)/t23-,25+,34-/m0/s1. The van der Waals surface area contributed by atoms with Crippen molar-refractivity contribution in [1.82, 2.24) is 10.3 Å². The molecule has 3 rings (SSSR count). The summed E-state index contributed by atoms with van der Waals surface area (Å²) in [4.78, 5) is 85.8. The lowest BCUT2D eigenvalue weighted by atomic mass is 9.87. The molecule has 9 N–H and O–H groups in total. The molecule has 2 aromatic carbocycles. The Morgan fingerprint density at radius 3 is 2.18 bits per heavy atom. The van der Waals surface area contributed by atoms with Crippen molar-refractivity contribution in [3.05, 3.63) is 71.8 Å². The van der Waals surface area contributed by atoms with Crippen LogP contribution in [0.3, 0.4) is 0 Å². The number of hydrogen-bond acceptors (Lipinski definition) is 10. The number of benzene rings is 2. The lowest BCUT2D eigenvalue weighted by Gasteiger charge is -2.43. The summed E-state index contributed by atoms with van der Waals surface area (Å²) in [5.41, 5.74) is 14.2. The zero-order valence-electron chi connectivity index (χ0n) is 27.5. The molecule has 0 spiro atoms. The molecule has 0 unspecified atom stereocenters. The van der Waals surface area contributed by atoms with E-state index in [2.05, 4.69) is 10.3 Å². The SMILES string of the molecule is CC(C)(C)OC(=O)[C@](CCCN)(C(=O)N[C@H](CCc1ccccc1)C(=O)O)N(C(=O)[C@@H](N)CC(=O)O)c1nc2ccccc2cc1C(N)=O. The van der Waals surface area contributed by atoms with Gasteiger partial charge in [0.2, 0.25) is 11.4 Å². The van der Waals surface area contributed by atoms with Crippen LogP contribution >= 0.6 is 0 Å². The second kappa shape index (κ2) is 16.1. The highest BCUT2D eigenvalue weighted by atomic mass is 16.6. The van der Waals surface area contributed by atoms with Gasteiger partial charge in [0.05, 0.1) is 23.5 Å². The van der Waals surface area contributed by atoms with E-state index in [0.717, 1.165) is 5.56 Å². The van der Waals surface area contributed by atoms with E-state index in [4.69, 9.17) is 21.9 Å². The quantitative estimate of drug-likeness (QED) is 0.0930. The van der Waals surface area contributed by atoms with Gasteiger partial charge < -0.3 is 37.5 Å². The average Bonchev–Trinajstić information content (AvgIpc) is 3.03. The molecule has 49 heavy (non-hydrogen) atoms. The fourth-order valence-electron chi connectivity index (χ4n) is 5.20. The van der Waals surface area contributed by atoms with Gasteiger partial charge in [0, 0.05) is 5.39 Å². The fraction of sp³-hybridized carbons (Fsp3) is 0.382. The molecule has 1 heterocycles. The molecule has 0 aliphatic carbocycles. The smallest absolute Gasteiger partial charge is 0.342 e. The largest absolute Gasteiger partial charge is 0.481 e. The molecule has 15 heteroatoms. The molecule has 0 radical (unpaired) electrons. The zero-order chi connectivity index (χ0) is 36.5. The monoisotopic (exact) mass is 678 g/mol. The van der Waals surface area contributed by atoms with Crippen molar-refractivity contribution in [2.45, 2.75) is 76.1 Å². The van der Waals surface area contributed by atoms with E-state index in [0.29, 0.717) is 10.3 Å². The van der Waals surface area contributed by atoms with E-state index in [1.807, 2.05) is 0 Å². The highest BCUT2D eigenvalue weighted by Crippen LogP contribution is 2.35. The minimum atomic E-state index is -2.82. The van der Waals surface area contributed by atoms with Crippen LogP contribution in [0.4, 0.5) is 5.82 Å². The number of amides is 3. The number of primary amides is 1. The number of anilines is 1. The Hall–Kier alpha value is -5.41. The Balaban J connectivity index is 2.39. The molecule has 3 atom stereocenters. The molecule has 3 aromatic rings. The van der Waals surface area contributed by atoms with Crippen LogP contribution in [-0.4, -0.2) is 80.6 Å². The van der Waals surface area contributed by atoms with Crippen LogP contribution in [-0.2, 0) is 35.1 Å². The van der Waals surface area contributed by atoms with Gasteiger partial charge in [0.15, 0.2) is 0 Å².